The summed E-state index contributed by atoms with van der Waals surface area (Å²) in [4.78, 5) is 28.7. The van der Waals surface area contributed by atoms with Crippen molar-refractivity contribution in [2.45, 2.75) is 29.7 Å². The number of nitrogens with zero attached hydrogens (tertiary/aromatic N) is 1. The number of likely N-dealkylation sites (tertiary alicyclic amines) is 1. The third-order valence-electron chi connectivity index (χ3n) is 5.80. The van der Waals surface area contributed by atoms with E-state index < -0.39 is 0 Å². The number of amides is 2. The zero-order valence-corrected chi connectivity index (χ0v) is 18.2. The van der Waals surface area contributed by atoms with E-state index in [9.17, 15) is 9.59 Å². The Morgan fingerprint density at radius 2 is 1.32 bits per heavy atom. The van der Waals surface area contributed by atoms with Gasteiger partial charge in [-0.3, -0.25) is 9.59 Å². The van der Waals surface area contributed by atoms with Gasteiger partial charge in [0.05, 0.1) is 11.5 Å². The summed E-state index contributed by atoms with van der Waals surface area (Å²) in [6.45, 7) is 1.25. The Labute approximate surface area is 188 Å². The smallest absolute Gasteiger partial charge is 0.252 e. The SMILES string of the molecule is O=C(NC1CCN(C(=O)C(c2ccccc2)c2ccccc2)CC1)c1ccccc1S. The van der Waals surface area contributed by atoms with E-state index >= 15 is 0 Å². The fourth-order valence-corrected chi connectivity index (χ4v) is 4.39. The first-order chi connectivity index (χ1) is 15.1. The van der Waals surface area contributed by atoms with Crippen molar-refractivity contribution in [3.8, 4) is 0 Å². The van der Waals surface area contributed by atoms with Crippen molar-refractivity contribution < 1.29 is 9.59 Å². The van der Waals surface area contributed by atoms with Gasteiger partial charge in [0, 0.05) is 24.0 Å². The number of hydrogen-bond donors (Lipinski definition) is 2. The first-order valence-corrected chi connectivity index (χ1v) is 11.1. The van der Waals surface area contributed by atoms with Gasteiger partial charge in [0.25, 0.3) is 5.91 Å². The van der Waals surface area contributed by atoms with Crippen molar-refractivity contribution >= 4 is 24.4 Å². The fraction of sp³-hybridized carbons (Fsp3) is 0.231. The molecule has 3 aromatic carbocycles. The van der Waals surface area contributed by atoms with Crippen LogP contribution in [0.3, 0.4) is 0 Å². The lowest BCUT2D eigenvalue weighted by atomic mass is 9.89. The van der Waals surface area contributed by atoms with Crippen molar-refractivity contribution in [3.05, 3.63) is 102 Å². The third kappa shape index (κ3) is 5.00. The highest BCUT2D eigenvalue weighted by molar-refractivity contribution is 7.80. The van der Waals surface area contributed by atoms with Gasteiger partial charge >= 0.3 is 0 Å². The normalized spacial score (nSPS) is 14.5. The van der Waals surface area contributed by atoms with Crippen LogP contribution in [0.5, 0.6) is 0 Å². The molecule has 1 N–H and O–H groups in total. The molecule has 1 aliphatic heterocycles. The van der Waals surface area contributed by atoms with Gasteiger partial charge in [-0.25, -0.2) is 0 Å². The molecule has 158 valence electrons. The Morgan fingerprint density at radius 1 is 0.806 bits per heavy atom. The summed E-state index contributed by atoms with van der Waals surface area (Å²) in [5.74, 6) is -0.311. The molecule has 2 amide bonds. The average molecular weight is 431 g/mol. The second-order valence-electron chi connectivity index (χ2n) is 7.84. The molecule has 0 aromatic heterocycles. The molecular formula is C26H26N2O2S. The topological polar surface area (TPSA) is 49.4 Å². The van der Waals surface area contributed by atoms with Crippen LogP contribution in [0, 0.1) is 0 Å². The number of rotatable bonds is 5. The van der Waals surface area contributed by atoms with Gasteiger partial charge in [-0.2, -0.15) is 0 Å². The second-order valence-corrected chi connectivity index (χ2v) is 8.33. The standard InChI is InChI=1S/C26H26N2O2S/c29-25(22-13-7-8-14-23(22)31)27-21-15-17-28(18-16-21)26(30)24(19-9-3-1-4-10-19)20-11-5-2-6-12-20/h1-14,21,24,31H,15-18H2,(H,27,29). The molecule has 4 nitrogen and oxygen atoms in total. The molecule has 0 bridgehead atoms. The maximum absolute atomic E-state index is 13.5. The minimum Gasteiger partial charge on any atom is -0.349 e. The highest BCUT2D eigenvalue weighted by atomic mass is 32.1. The van der Waals surface area contributed by atoms with Crippen LogP contribution in [-0.2, 0) is 4.79 Å². The zero-order valence-electron chi connectivity index (χ0n) is 17.3. The van der Waals surface area contributed by atoms with Crippen LogP contribution in [-0.4, -0.2) is 35.8 Å². The summed E-state index contributed by atoms with van der Waals surface area (Å²) in [5, 5.41) is 3.10. The van der Waals surface area contributed by atoms with E-state index in [1.165, 1.54) is 0 Å². The monoisotopic (exact) mass is 430 g/mol. The van der Waals surface area contributed by atoms with Crippen LogP contribution in [0.2, 0.25) is 0 Å². The number of hydrogen-bond acceptors (Lipinski definition) is 3. The number of carbonyl (C=O) groups excluding carboxylic acids is 2. The van der Waals surface area contributed by atoms with Crippen LogP contribution in [0.15, 0.2) is 89.8 Å². The van der Waals surface area contributed by atoms with Crippen LogP contribution in [0.4, 0.5) is 0 Å². The molecule has 0 aliphatic carbocycles. The van der Waals surface area contributed by atoms with Crippen molar-refractivity contribution in [3.63, 3.8) is 0 Å². The Bertz CT molecular complexity index is 992. The summed E-state index contributed by atoms with van der Waals surface area (Å²) < 4.78 is 0. The molecule has 0 atom stereocenters. The molecular weight excluding hydrogens is 404 g/mol. The Balaban J connectivity index is 1.43. The van der Waals surface area contributed by atoms with Crippen molar-refractivity contribution in [2.24, 2.45) is 0 Å². The maximum Gasteiger partial charge on any atom is 0.252 e. The minimum absolute atomic E-state index is 0.0522. The molecule has 1 fully saturated rings. The van der Waals surface area contributed by atoms with E-state index in [1.807, 2.05) is 83.8 Å². The van der Waals surface area contributed by atoms with Crippen molar-refractivity contribution in [1.29, 1.82) is 0 Å². The third-order valence-corrected chi connectivity index (χ3v) is 6.19. The lowest BCUT2D eigenvalue weighted by Crippen LogP contribution is -2.47. The molecule has 5 heteroatoms. The first-order valence-electron chi connectivity index (χ1n) is 10.6. The van der Waals surface area contributed by atoms with Gasteiger partial charge in [-0.15, -0.1) is 12.6 Å². The van der Waals surface area contributed by atoms with Crippen LogP contribution in [0.25, 0.3) is 0 Å². The van der Waals surface area contributed by atoms with Gasteiger partial charge in [0.15, 0.2) is 0 Å². The van der Waals surface area contributed by atoms with Crippen LogP contribution >= 0.6 is 12.6 Å². The van der Waals surface area contributed by atoms with Gasteiger partial charge < -0.3 is 10.2 Å². The van der Waals surface area contributed by atoms with Crippen molar-refractivity contribution in [2.75, 3.05) is 13.1 Å². The second kappa shape index (κ2) is 9.84. The molecule has 4 rings (SSSR count). The van der Waals surface area contributed by atoms with E-state index in [0.29, 0.717) is 23.5 Å². The molecule has 31 heavy (non-hydrogen) atoms. The summed E-state index contributed by atoms with van der Waals surface area (Å²) in [6, 6.07) is 27.2. The average Bonchev–Trinajstić information content (AvgIpc) is 2.81. The number of benzene rings is 3. The number of thiol groups is 1. The van der Waals surface area contributed by atoms with E-state index in [1.54, 1.807) is 6.07 Å². The summed E-state index contributed by atoms with van der Waals surface area (Å²) in [5.41, 5.74) is 2.58. The first kappa shape index (κ1) is 21.2. The summed E-state index contributed by atoms with van der Waals surface area (Å²) >= 11 is 4.37. The minimum atomic E-state index is -0.315. The number of nitrogens with one attached hydrogen (secondary N) is 1. The van der Waals surface area contributed by atoms with E-state index in [2.05, 4.69) is 17.9 Å². The predicted molar refractivity (Wildman–Crippen MR) is 125 cm³/mol. The molecule has 1 aliphatic rings. The van der Waals surface area contributed by atoms with E-state index in [-0.39, 0.29) is 23.8 Å². The molecule has 0 spiro atoms. The molecule has 1 heterocycles. The molecule has 0 saturated carbocycles. The largest absolute Gasteiger partial charge is 0.349 e. The predicted octanol–water partition coefficient (Wildman–Crippen LogP) is 4.53. The lowest BCUT2D eigenvalue weighted by molar-refractivity contribution is -0.132. The van der Waals surface area contributed by atoms with Gasteiger partial charge in [-0.1, -0.05) is 72.8 Å². The molecule has 0 unspecified atom stereocenters. The van der Waals surface area contributed by atoms with Crippen molar-refractivity contribution in [1.82, 2.24) is 10.2 Å². The summed E-state index contributed by atoms with van der Waals surface area (Å²) in [7, 11) is 0. The quantitative estimate of drug-likeness (QED) is 0.585. The Hall–Kier alpha value is -3.05. The van der Waals surface area contributed by atoms with E-state index in [4.69, 9.17) is 0 Å². The highest BCUT2D eigenvalue weighted by Crippen LogP contribution is 2.28. The van der Waals surface area contributed by atoms with E-state index in [0.717, 1.165) is 24.0 Å². The van der Waals surface area contributed by atoms with Crippen LogP contribution < -0.4 is 5.32 Å². The Kier molecular flexibility index (Phi) is 6.73. The maximum atomic E-state index is 13.5. The fourth-order valence-electron chi connectivity index (χ4n) is 4.12. The highest BCUT2D eigenvalue weighted by Gasteiger charge is 2.30. The molecule has 1 saturated heterocycles. The summed E-state index contributed by atoms with van der Waals surface area (Å²) in [6.07, 6.45) is 1.48. The number of carbonyl (C=O) groups is 2. The van der Waals surface area contributed by atoms with Gasteiger partial charge in [-0.05, 0) is 36.1 Å². The molecule has 3 aromatic rings. The molecule has 0 radical (unpaired) electrons. The lowest BCUT2D eigenvalue weighted by Gasteiger charge is -2.35. The van der Waals surface area contributed by atoms with Gasteiger partial charge in [0.1, 0.15) is 0 Å². The zero-order chi connectivity index (χ0) is 21.6. The van der Waals surface area contributed by atoms with Crippen LogP contribution in [0.1, 0.15) is 40.2 Å². The number of piperidine rings is 1. The Morgan fingerprint density at radius 3 is 1.87 bits per heavy atom. The van der Waals surface area contributed by atoms with Gasteiger partial charge in [0.2, 0.25) is 5.91 Å².